The highest BCUT2D eigenvalue weighted by molar-refractivity contribution is 9.10. The largest absolute Gasteiger partial charge is 0.330 e. The van der Waals surface area contributed by atoms with Crippen molar-refractivity contribution in [3.63, 3.8) is 0 Å². The van der Waals surface area contributed by atoms with Gasteiger partial charge in [-0.15, -0.1) is 0 Å². The molecule has 0 radical (unpaired) electrons. The van der Waals surface area contributed by atoms with E-state index >= 15 is 0 Å². The lowest BCUT2D eigenvalue weighted by atomic mass is 10.1. The van der Waals surface area contributed by atoms with E-state index in [1.165, 1.54) is 0 Å². The molecule has 0 amide bonds. The van der Waals surface area contributed by atoms with Crippen molar-refractivity contribution < 1.29 is 4.74 Å². The van der Waals surface area contributed by atoms with Crippen molar-refractivity contribution in [1.29, 1.82) is 0 Å². The van der Waals surface area contributed by atoms with Gasteiger partial charge in [-0.3, -0.25) is 0 Å². The SMILES string of the molecule is C=CC(Br)(OC(Br)(C=C)c1ccccc1)c1ccccc1. The maximum Gasteiger partial charge on any atom is 0.169 e. The molecule has 0 aromatic heterocycles. The molecule has 0 aliphatic carbocycles. The van der Waals surface area contributed by atoms with Crippen molar-refractivity contribution in [2.24, 2.45) is 0 Å². The minimum atomic E-state index is -0.818. The van der Waals surface area contributed by atoms with E-state index in [0.29, 0.717) is 0 Å². The second-order valence-electron chi connectivity index (χ2n) is 4.53. The van der Waals surface area contributed by atoms with Crippen LogP contribution in [-0.2, 0) is 13.8 Å². The van der Waals surface area contributed by atoms with Gasteiger partial charge in [0.05, 0.1) is 0 Å². The number of benzene rings is 2. The summed E-state index contributed by atoms with van der Waals surface area (Å²) in [6.07, 6.45) is 3.45. The summed E-state index contributed by atoms with van der Waals surface area (Å²) < 4.78 is 4.66. The maximum atomic E-state index is 6.29. The third-order valence-corrected chi connectivity index (χ3v) is 5.04. The Morgan fingerprint density at radius 3 is 1.33 bits per heavy atom. The minimum Gasteiger partial charge on any atom is -0.330 e. The van der Waals surface area contributed by atoms with Crippen LogP contribution in [0.1, 0.15) is 11.1 Å². The summed E-state index contributed by atoms with van der Waals surface area (Å²) in [5.74, 6) is 0. The first-order valence-corrected chi connectivity index (χ1v) is 8.09. The Balaban J connectivity index is 2.40. The van der Waals surface area contributed by atoms with E-state index in [1.807, 2.05) is 60.7 Å². The van der Waals surface area contributed by atoms with Gasteiger partial charge in [0.15, 0.2) is 9.02 Å². The lowest BCUT2D eigenvalue weighted by Gasteiger charge is -2.35. The second kappa shape index (κ2) is 6.73. The summed E-state index contributed by atoms with van der Waals surface area (Å²) in [6, 6.07) is 19.7. The van der Waals surface area contributed by atoms with Crippen LogP contribution in [0, 0.1) is 0 Å². The number of ether oxygens (including phenoxy) is 1. The standard InChI is InChI=1S/C18H16Br2O/c1-3-17(19,15-11-7-5-8-12-15)21-18(20,4-2)16-13-9-6-10-14-16/h3-14H,1-2H2. The van der Waals surface area contributed by atoms with Crippen LogP contribution in [0.4, 0.5) is 0 Å². The predicted molar refractivity (Wildman–Crippen MR) is 95.6 cm³/mol. The Labute approximate surface area is 142 Å². The average Bonchev–Trinajstić information content (AvgIpc) is 2.56. The molecule has 2 rings (SSSR count). The highest BCUT2D eigenvalue weighted by Gasteiger charge is 2.37. The first-order valence-electron chi connectivity index (χ1n) is 6.50. The van der Waals surface area contributed by atoms with Gasteiger partial charge in [0.2, 0.25) is 0 Å². The van der Waals surface area contributed by atoms with Gasteiger partial charge in [-0.05, 0) is 55.1 Å². The van der Waals surface area contributed by atoms with Gasteiger partial charge in [0.1, 0.15) is 0 Å². The Kier molecular flexibility index (Phi) is 5.20. The first-order chi connectivity index (χ1) is 10.0. The molecular formula is C18H16Br2O. The van der Waals surface area contributed by atoms with Crippen LogP contribution in [0.2, 0.25) is 0 Å². The molecule has 0 spiro atoms. The van der Waals surface area contributed by atoms with Gasteiger partial charge in [-0.1, -0.05) is 73.8 Å². The van der Waals surface area contributed by atoms with Gasteiger partial charge in [-0.25, -0.2) is 0 Å². The molecule has 2 atom stereocenters. The first kappa shape index (κ1) is 16.2. The van der Waals surface area contributed by atoms with E-state index in [4.69, 9.17) is 4.74 Å². The third kappa shape index (κ3) is 3.54. The Morgan fingerprint density at radius 1 is 0.714 bits per heavy atom. The molecule has 2 aromatic carbocycles. The predicted octanol–water partition coefficient (Wildman–Crippen LogP) is 5.87. The molecule has 0 aliphatic rings. The van der Waals surface area contributed by atoms with Gasteiger partial charge in [-0.2, -0.15) is 0 Å². The topological polar surface area (TPSA) is 9.23 Å². The Hall–Kier alpha value is -1.16. The molecule has 0 bridgehead atoms. The molecular weight excluding hydrogens is 392 g/mol. The van der Waals surface area contributed by atoms with Crippen LogP contribution in [-0.4, -0.2) is 0 Å². The summed E-state index contributed by atoms with van der Waals surface area (Å²) >= 11 is 7.30. The van der Waals surface area contributed by atoms with Gasteiger partial charge in [0.25, 0.3) is 0 Å². The van der Waals surface area contributed by atoms with Crippen LogP contribution in [0.15, 0.2) is 86.0 Å². The third-order valence-electron chi connectivity index (χ3n) is 3.16. The van der Waals surface area contributed by atoms with Gasteiger partial charge in [0, 0.05) is 0 Å². The molecule has 0 aliphatic heterocycles. The fourth-order valence-electron chi connectivity index (χ4n) is 1.98. The number of halogens is 2. The lowest BCUT2D eigenvalue weighted by molar-refractivity contribution is 0.000804. The molecule has 0 N–H and O–H groups in total. The zero-order valence-electron chi connectivity index (χ0n) is 11.5. The van der Waals surface area contributed by atoms with Crippen molar-refractivity contribution in [2.45, 2.75) is 9.02 Å². The minimum absolute atomic E-state index is 0.818. The van der Waals surface area contributed by atoms with E-state index < -0.39 is 9.02 Å². The van der Waals surface area contributed by atoms with E-state index in [0.717, 1.165) is 11.1 Å². The van der Waals surface area contributed by atoms with Gasteiger partial charge < -0.3 is 4.74 Å². The molecule has 108 valence electrons. The molecule has 0 saturated carbocycles. The number of rotatable bonds is 6. The summed E-state index contributed by atoms with van der Waals surface area (Å²) in [6.45, 7) is 7.79. The summed E-state index contributed by atoms with van der Waals surface area (Å²) in [4.78, 5) is 0. The fourth-order valence-corrected chi connectivity index (χ4v) is 3.24. The molecule has 0 fully saturated rings. The van der Waals surface area contributed by atoms with Gasteiger partial charge >= 0.3 is 0 Å². The van der Waals surface area contributed by atoms with E-state index in [9.17, 15) is 0 Å². The van der Waals surface area contributed by atoms with E-state index in [1.54, 1.807) is 12.2 Å². The summed E-state index contributed by atoms with van der Waals surface area (Å²) in [5.41, 5.74) is 1.92. The highest BCUT2D eigenvalue weighted by Crippen LogP contribution is 2.45. The maximum absolute atomic E-state index is 6.29. The molecule has 21 heavy (non-hydrogen) atoms. The van der Waals surface area contributed by atoms with E-state index in [2.05, 4.69) is 45.0 Å². The molecule has 0 saturated heterocycles. The van der Waals surface area contributed by atoms with Crippen LogP contribution in [0.3, 0.4) is 0 Å². The zero-order chi connectivity index (χ0) is 15.3. The summed E-state index contributed by atoms with van der Waals surface area (Å²) in [5, 5.41) is 0. The molecule has 1 nitrogen and oxygen atoms in total. The van der Waals surface area contributed by atoms with E-state index in [-0.39, 0.29) is 0 Å². The molecule has 3 heteroatoms. The van der Waals surface area contributed by atoms with Crippen molar-refractivity contribution in [2.75, 3.05) is 0 Å². The Bertz CT molecular complexity index is 556. The normalized spacial score (nSPS) is 16.5. The Morgan fingerprint density at radius 2 is 1.05 bits per heavy atom. The lowest BCUT2D eigenvalue weighted by Crippen LogP contribution is -2.30. The smallest absolute Gasteiger partial charge is 0.169 e. The fraction of sp³-hybridized carbons (Fsp3) is 0.111. The van der Waals surface area contributed by atoms with Crippen LogP contribution in [0.25, 0.3) is 0 Å². The van der Waals surface area contributed by atoms with Crippen molar-refractivity contribution in [1.82, 2.24) is 0 Å². The second-order valence-corrected chi connectivity index (χ2v) is 6.89. The van der Waals surface area contributed by atoms with Crippen LogP contribution < -0.4 is 0 Å². The number of alkyl halides is 2. The quantitative estimate of drug-likeness (QED) is 0.429. The highest BCUT2D eigenvalue weighted by atomic mass is 79.9. The van der Waals surface area contributed by atoms with Crippen LogP contribution >= 0.6 is 31.9 Å². The molecule has 0 heterocycles. The van der Waals surface area contributed by atoms with Crippen LogP contribution in [0.5, 0.6) is 0 Å². The molecule has 2 aromatic rings. The monoisotopic (exact) mass is 406 g/mol. The summed E-state index contributed by atoms with van der Waals surface area (Å²) in [7, 11) is 0. The zero-order valence-corrected chi connectivity index (χ0v) is 14.7. The molecule has 2 unspecified atom stereocenters. The van der Waals surface area contributed by atoms with Crippen molar-refractivity contribution >= 4 is 31.9 Å². The number of hydrogen-bond acceptors (Lipinski definition) is 1. The van der Waals surface area contributed by atoms with Crippen molar-refractivity contribution in [3.8, 4) is 0 Å². The number of hydrogen-bond donors (Lipinski definition) is 0. The van der Waals surface area contributed by atoms with Crippen molar-refractivity contribution in [3.05, 3.63) is 97.1 Å². The average molecular weight is 408 g/mol.